The summed E-state index contributed by atoms with van der Waals surface area (Å²) in [6.07, 6.45) is 1.29. The highest BCUT2D eigenvalue weighted by Crippen LogP contribution is 2.28. The number of nitrogens with zero attached hydrogens (tertiary/aromatic N) is 1. The summed E-state index contributed by atoms with van der Waals surface area (Å²) in [5, 5.41) is 9.59. The highest BCUT2D eigenvalue weighted by atomic mass is 79.9. The van der Waals surface area contributed by atoms with Crippen LogP contribution < -0.4 is 5.73 Å². The van der Waals surface area contributed by atoms with Crippen molar-refractivity contribution in [1.82, 2.24) is 4.98 Å². The molecule has 3 N–H and O–H groups in total. The van der Waals surface area contributed by atoms with Crippen molar-refractivity contribution in [1.29, 1.82) is 0 Å². The van der Waals surface area contributed by atoms with Crippen LogP contribution in [0.1, 0.15) is 15.9 Å². The Hall–Kier alpha value is -1.62. The number of nitrogen functional groups attached to an aromatic ring is 1. The molecule has 1 aromatic heterocycles. The van der Waals surface area contributed by atoms with Gasteiger partial charge in [-0.15, -0.1) is 0 Å². The van der Waals surface area contributed by atoms with Crippen molar-refractivity contribution in [2.24, 2.45) is 0 Å². The topological polar surface area (TPSA) is 76.2 Å². The first-order chi connectivity index (χ1) is 7.50. The Morgan fingerprint density at radius 3 is 2.81 bits per heavy atom. The summed E-state index contributed by atoms with van der Waals surface area (Å²) in [4.78, 5) is 15.0. The van der Waals surface area contributed by atoms with Crippen LogP contribution in [-0.4, -0.2) is 16.1 Å². The fourth-order valence-electron chi connectivity index (χ4n) is 1.63. The van der Waals surface area contributed by atoms with Gasteiger partial charge in [0.05, 0.1) is 11.2 Å². The largest absolute Gasteiger partial charge is 0.478 e. The van der Waals surface area contributed by atoms with Crippen LogP contribution in [0.2, 0.25) is 0 Å². The van der Waals surface area contributed by atoms with Crippen molar-refractivity contribution in [2.75, 3.05) is 5.73 Å². The van der Waals surface area contributed by atoms with Crippen molar-refractivity contribution >= 4 is 38.5 Å². The van der Waals surface area contributed by atoms with Gasteiger partial charge in [-0.1, -0.05) is 15.9 Å². The number of aromatic carboxylic acids is 1. The lowest BCUT2D eigenvalue weighted by Gasteiger charge is -2.07. The van der Waals surface area contributed by atoms with E-state index in [1.54, 1.807) is 6.07 Å². The van der Waals surface area contributed by atoms with E-state index in [0.29, 0.717) is 5.39 Å². The maximum Gasteiger partial charge on any atom is 0.339 e. The predicted molar refractivity (Wildman–Crippen MR) is 65.6 cm³/mol. The van der Waals surface area contributed by atoms with Gasteiger partial charge in [-0.2, -0.15) is 0 Å². The molecule has 0 spiro atoms. The number of nitrogens with two attached hydrogens (primary N) is 1. The number of rotatable bonds is 1. The highest BCUT2D eigenvalue weighted by molar-refractivity contribution is 9.10. The molecule has 0 atom stereocenters. The molecule has 0 saturated heterocycles. The van der Waals surface area contributed by atoms with E-state index < -0.39 is 5.97 Å². The normalized spacial score (nSPS) is 10.6. The van der Waals surface area contributed by atoms with Crippen molar-refractivity contribution in [3.8, 4) is 0 Å². The van der Waals surface area contributed by atoms with Gasteiger partial charge < -0.3 is 10.8 Å². The maximum absolute atomic E-state index is 10.9. The van der Waals surface area contributed by atoms with Gasteiger partial charge >= 0.3 is 5.97 Å². The molecule has 0 radical (unpaired) electrons. The van der Waals surface area contributed by atoms with Gasteiger partial charge in [-0.25, -0.2) is 4.79 Å². The zero-order valence-corrected chi connectivity index (χ0v) is 10.1. The third-order valence-electron chi connectivity index (χ3n) is 2.40. The lowest BCUT2D eigenvalue weighted by molar-refractivity contribution is 0.0698. The quantitative estimate of drug-likeness (QED) is 0.842. The molecular formula is C11H9BrN2O2. The molecule has 5 heteroatoms. The molecule has 82 valence electrons. The van der Waals surface area contributed by atoms with Crippen molar-refractivity contribution in [3.63, 3.8) is 0 Å². The Labute approximate surface area is 100 Å². The number of carboxylic acid groups (broad SMARTS) is 1. The number of aryl methyl sites for hydroxylation is 1. The average molecular weight is 281 g/mol. The van der Waals surface area contributed by atoms with Gasteiger partial charge in [0.2, 0.25) is 0 Å². The second kappa shape index (κ2) is 3.75. The zero-order valence-electron chi connectivity index (χ0n) is 8.49. The predicted octanol–water partition coefficient (Wildman–Crippen LogP) is 2.59. The molecule has 0 aliphatic carbocycles. The molecule has 0 fully saturated rings. The molecule has 0 saturated carbocycles. The number of fused-ring (bicyclic) bond motifs is 1. The number of benzene rings is 1. The first-order valence-corrected chi connectivity index (χ1v) is 5.37. The minimum absolute atomic E-state index is 0.0324. The Morgan fingerprint density at radius 2 is 2.19 bits per heavy atom. The number of halogens is 1. The van der Waals surface area contributed by atoms with Gasteiger partial charge in [-0.05, 0) is 24.6 Å². The lowest BCUT2D eigenvalue weighted by atomic mass is 10.1. The van der Waals surface area contributed by atoms with Crippen LogP contribution in [0.3, 0.4) is 0 Å². The number of carbonyl (C=O) groups is 1. The van der Waals surface area contributed by atoms with E-state index in [1.165, 1.54) is 6.20 Å². The van der Waals surface area contributed by atoms with Gasteiger partial charge in [0.15, 0.2) is 0 Å². The number of carboxylic acids is 1. The Morgan fingerprint density at radius 1 is 1.50 bits per heavy atom. The van der Waals surface area contributed by atoms with Gasteiger partial charge in [0.1, 0.15) is 5.56 Å². The Balaban J connectivity index is 2.89. The first-order valence-electron chi connectivity index (χ1n) is 4.58. The number of hydrogen-bond acceptors (Lipinski definition) is 3. The molecule has 0 amide bonds. The summed E-state index contributed by atoms with van der Waals surface area (Å²) in [6.45, 7) is 1.90. The number of hydrogen-bond donors (Lipinski definition) is 2. The van der Waals surface area contributed by atoms with Crippen LogP contribution in [0.15, 0.2) is 22.8 Å². The van der Waals surface area contributed by atoms with Crippen LogP contribution >= 0.6 is 15.9 Å². The monoisotopic (exact) mass is 280 g/mol. The number of aromatic nitrogens is 1. The summed E-state index contributed by atoms with van der Waals surface area (Å²) in [6, 6.07) is 3.69. The summed E-state index contributed by atoms with van der Waals surface area (Å²) < 4.78 is 0.855. The molecule has 0 aliphatic heterocycles. The Bertz CT molecular complexity index is 596. The smallest absolute Gasteiger partial charge is 0.339 e. The van der Waals surface area contributed by atoms with E-state index in [1.807, 2.05) is 13.0 Å². The van der Waals surface area contributed by atoms with Crippen molar-refractivity contribution in [3.05, 3.63) is 33.9 Å². The Kier molecular flexibility index (Phi) is 2.55. The van der Waals surface area contributed by atoms with Gasteiger partial charge in [-0.3, -0.25) is 4.98 Å². The molecule has 1 heterocycles. The summed E-state index contributed by atoms with van der Waals surface area (Å²) in [5.74, 6) is -1.07. The van der Waals surface area contributed by atoms with Crippen LogP contribution in [0, 0.1) is 6.92 Å². The van der Waals surface area contributed by atoms with Gasteiger partial charge in [0.25, 0.3) is 0 Å². The average Bonchev–Trinajstić information content (AvgIpc) is 2.19. The van der Waals surface area contributed by atoms with Crippen LogP contribution in [-0.2, 0) is 0 Å². The van der Waals surface area contributed by atoms with E-state index in [-0.39, 0.29) is 11.3 Å². The van der Waals surface area contributed by atoms with E-state index >= 15 is 0 Å². The van der Waals surface area contributed by atoms with E-state index in [0.717, 1.165) is 15.6 Å². The molecule has 0 aliphatic rings. The minimum Gasteiger partial charge on any atom is -0.478 e. The minimum atomic E-state index is -1.07. The maximum atomic E-state index is 10.9. The summed E-state index contributed by atoms with van der Waals surface area (Å²) in [5.41, 5.74) is 7.78. The molecule has 0 unspecified atom stereocenters. The standard InChI is InChI=1S/C11H9BrN2O2/c1-5-2-6(12)3-7-9(13)8(11(15)16)4-14-10(5)7/h2-4H,1H3,(H2,13,14)(H,15,16). The van der Waals surface area contributed by atoms with Crippen molar-refractivity contribution < 1.29 is 9.90 Å². The first kappa shape index (κ1) is 10.9. The molecule has 16 heavy (non-hydrogen) atoms. The van der Waals surface area contributed by atoms with Crippen LogP contribution in [0.4, 0.5) is 5.69 Å². The van der Waals surface area contributed by atoms with Crippen LogP contribution in [0.25, 0.3) is 10.9 Å². The number of pyridine rings is 1. The molecule has 2 aromatic rings. The molecule has 0 bridgehead atoms. The summed E-state index contributed by atoms with van der Waals surface area (Å²) >= 11 is 3.35. The third kappa shape index (κ3) is 1.63. The lowest BCUT2D eigenvalue weighted by Crippen LogP contribution is -2.04. The molecular weight excluding hydrogens is 272 g/mol. The second-order valence-electron chi connectivity index (χ2n) is 3.51. The highest BCUT2D eigenvalue weighted by Gasteiger charge is 2.13. The molecule has 1 aromatic carbocycles. The van der Waals surface area contributed by atoms with E-state index in [9.17, 15) is 4.79 Å². The number of anilines is 1. The van der Waals surface area contributed by atoms with Gasteiger partial charge in [0, 0.05) is 16.1 Å². The fourth-order valence-corrected chi connectivity index (χ4v) is 2.20. The fraction of sp³-hybridized carbons (Fsp3) is 0.0909. The van der Waals surface area contributed by atoms with Crippen molar-refractivity contribution in [2.45, 2.75) is 6.92 Å². The SMILES string of the molecule is Cc1cc(Br)cc2c(N)c(C(=O)O)cnc12. The van der Waals surface area contributed by atoms with E-state index in [4.69, 9.17) is 10.8 Å². The van der Waals surface area contributed by atoms with Crippen LogP contribution in [0.5, 0.6) is 0 Å². The third-order valence-corrected chi connectivity index (χ3v) is 2.86. The summed E-state index contributed by atoms with van der Waals surface area (Å²) in [7, 11) is 0. The zero-order chi connectivity index (χ0) is 11.9. The van der Waals surface area contributed by atoms with E-state index in [2.05, 4.69) is 20.9 Å². The molecule has 2 rings (SSSR count). The second-order valence-corrected chi connectivity index (χ2v) is 4.43. The molecule has 4 nitrogen and oxygen atoms in total.